The van der Waals surface area contributed by atoms with Crippen molar-refractivity contribution in [1.82, 2.24) is 25.3 Å². The molecular weight excluding hydrogens is 334 g/mol. The highest BCUT2D eigenvalue weighted by atomic mass is 16.5. The van der Waals surface area contributed by atoms with Crippen molar-refractivity contribution >= 4 is 6.03 Å². The lowest BCUT2D eigenvalue weighted by molar-refractivity contribution is 0.189. The molecule has 2 aromatic rings. The van der Waals surface area contributed by atoms with Crippen LogP contribution in [0.3, 0.4) is 0 Å². The molecule has 8 heteroatoms. The Hall–Kier alpha value is -2.48. The summed E-state index contributed by atoms with van der Waals surface area (Å²) < 4.78 is 10.9. The number of ether oxygens (including phenoxy) is 1. The van der Waals surface area contributed by atoms with Crippen LogP contribution in [-0.4, -0.2) is 52.4 Å². The molecule has 1 N–H and O–H groups in total. The molecule has 2 amide bonds. The summed E-state index contributed by atoms with van der Waals surface area (Å²) in [5.74, 6) is 1.40. The van der Waals surface area contributed by atoms with Crippen molar-refractivity contribution in [2.45, 2.75) is 39.2 Å². The molecule has 0 aromatic carbocycles. The van der Waals surface area contributed by atoms with Gasteiger partial charge in [0, 0.05) is 43.7 Å². The molecule has 0 saturated carbocycles. The van der Waals surface area contributed by atoms with Crippen molar-refractivity contribution in [3.8, 4) is 11.4 Å². The summed E-state index contributed by atoms with van der Waals surface area (Å²) in [6.07, 6.45) is 3.51. The largest absolute Gasteiger partial charge is 0.381 e. The van der Waals surface area contributed by atoms with Gasteiger partial charge in [0.15, 0.2) is 0 Å². The minimum atomic E-state index is -0.0386. The fourth-order valence-corrected chi connectivity index (χ4v) is 3.61. The molecule has 26 heavy (non-hydrogen) atoms. The van der Waals surface area contributed by atoms with Crippen molar-refractivity contribution in [3.05, 3.63) is 28.9 Å². The van der Waals surface area contributed by atoms with Crippen LogP contribution in [0.1, 0.15) is 42.0 Å². The lowest BCUT2D eigenvalue weighted by Gasteiger charge is -2.29. The fourth-order valence-electron chi connectivity index (χ4n) is 3.61. The molecule has 2 aliphatic heterocycles. The summed E-state index contributed by atoms with van der Waals surface area (Å²) in [6.45, 7) is 7.07. The number of fused-ring (bicyclic) bond motifs is 1. The Morgan fingerprint density at radius 3 is 3.12 bits per heavy atom. The highest BCUT2D eigenvalue weighted by Crippen LogP contribution is 2.32. The molecule has 0 aliphatic carbocycles. The number of carbonyl (C=O) groups is 1. The van der Waals surface area contributed by atoms with Crippen LogP contribution in [0.4, 0.5) is 4.79 Å². The van der Waals surface area contributed by atoms with Gasteiger partial charge in [-0.05, 0) is 37.8 Å². The molecule has 1 saturated heterocycles. The lowest BCUT2D eigenvalue weighted by Crippen LogP contribution is -2.42. The summed E-state index contributed by atoms with van der Waals surface area (Å²) in [5.41, 5.74) is 4.02. The van der Waals surface area contributed by atoms with Gasteiger partial charge in [0.05, 0.1) is 12.5 Å². The number of aryl methyl sites for hydroxylation is 1. The average molecular weight is 357 g/mol. The van der Waals surface area contributed by atoms with E-state index in [0.717, 1.165) is 41.8 Å². The monoisotopic (exact) mass is 357 g/mol. The van der Waals surface area contributed by atoms with Gasteiger partial charge in [0.1, 0.15) is 0 Å². The topological polar surface area (TPSA) is 93.4 Å². The van der Waals surface area contributed by atoms with E-state index >= 15 is 0 Å². The molecule has 1 fully saturated rings. The molecular formula is C18H23N5O3. The molecule has 0 bridgehead atoms. The quantitative estimate of drug-likeness (QED) is 0.903. The lowest BCUT2D eigenvalue weighted by atomic mass is 9.94. The standard InChI is InChI=1S/C18H23N5O3/c1-3-19-18(24)23-6-4-14-13(9-23)8-20-11(2)15(14)16-21-17(26-22-16)12-5-7-25-10-12/h8,12H,3-7,9-10H2,1-2H3,(H,19,24)/t12-/m1/s1. The van der Waals surface area contributed by atoms with Crippen LogP contribution in [0.25, 0.3) is 11.4 Å². The van der Waals surface area contributed by atoms with E-state index in [1.165, 1.54) is 0 Å². The number of nitrogens with one attached hydrogen (secondary N) is 1. The summed E-state index contributed by atoms with van der Waals surface area (Å²) in [6, 6.07) is -0.0386. The Morgan fingerprint density at radius 2 is 2.35 bits per heavy atom. The van der Waals surface area contributed by atoms with Crippen LogP contribution in [-0.2, 0) is 17.7 Å². The maximum absolute atomic E-state index is 12.1. The zero-order valence-electron chi connectivity index (χ0n) is 15.1. The maximum atomic E-state index is 12.1. The number of rotatable bonds is 3. The maximum Gasteiger partial charge on any atom is 0.317 e. The first-order valence-electron chi connectivity index (χ1n) is 9.09. The second-order valence-electron chi connectivity index (χ2n) is 6.75. The van der Waals surface area contributed by atoms with Gasteiger partial charge in [0.2, 0.25) is 11.7 Å². The van der Waals surface area contributed by atoms with Gasteiger partial charge in [-0.25, -0.2) is 4.79 Å². The highest BCUT2D eigenvalue weighted by molar-refractivity contribution is 5.75. The Bertz CT molecular complexity index is 813. The van der Waals surface area contributed by atoms with E-state index in [9.17, 15) is 4.79 Å². The van der Waals surface area contributed by atoms with Crippen molar-refractivity contribution in [3.63, 3.8) is 0 Å². The first-order chi connectivity index (χ1) is 12.7. The Balaban J connectivity index is 1.64. The SMILES string of the molecule is CCNC(=O)N1CCc2c(cnc(C)c2-c2noc([C@@H]3CCOC3)n2)C1. The zero-order valence-corrected chi connectivity index (χ0v) is 15.1. The summed E-state index contributed by atoms with van der Waals surface area (Å²) in [7, 11) is 0. The first kappa shape index (κ1) is 17.0. The summed E-state index contributed by atoms with van der Waals surface area (Å²) >= 11 is 0. The number of nitrogens with zero attached hydrogens (tertiary/aromatic N) is 4. The molecule has 4 heterocycles. The number of hydrogen-bond donors (Lipinski definition) is 1. The third kappa shape index (κ3) is 3.05. The van der Waals surface area contributed by atoms with Crippen LogP contribution in [0.5, 0.6) is 0 Å². The second-order valence-corrected chi connectivity index (χ2v) is 6.75. The molecule has 0 spiro atoms. The number of amides is 2. The van der Waals surface area contributed by atoms with E-state index in [4.69, 9.17) is 9.26 Å². The summed E-state index contributed by atoms with van der Waals surface area (Å²) in [4.78, 5) is 23.1. The molecule has 138 valence electrons. The van der Waals surface area contributed by atoms with Gasteiger partial charge in [-0.15, -0.1) is 0 Å². The predicted octanol–water partition coefficient (Wildman–Crippen LogP) is 2.03. The van der Waals surface area contributed by atoms with Gasteiger partial charge in [-0.2, -0.15) is 4.98 Å². The molecule has 4 rings (SSSR count). The molecule has 0 unspecified atom stereocenters. The number of urea groups is 1. The van der Waals surface area contributed by atoms with E-state index in [1.807, 2.05) is 24.9 Å². The Morgan fingerprint density at radius 1 is 1.46 bits per heavy atom. The van der Waals surface area contributed by atoms with Gasteiger partial charge in [-0.3, -0.25) is 4.98 Å². The zero-order chi connectivity index (χ0) is 18.1. The van der Waals surface area contributed by atoms with Crippen molar-refractivity contribution in [2.24, 2.45) is 0 Å². The smallest absolute Gasteiger partial charge is 0.317 e. The van der Waals surface area contributed by atoms with Gasteiger partial charge < -0.3 is 19.5 Å². The number of carbonyl (C=O) groups excluding carboxylic acids is 1. The van der Waals surface area contributed by atoms with Crippen LogP contribution in [0, 0.1) is 6.92 Å². The van der Waals surface area contributed by atoms with Gasteiger partial charge in [-0.1, -0.05) is 5.16 Å². The predicted molar refractivity (Wildman–Crippen MR) is 93.6 cm³/mol. The number of pyridine rings is 1. The minimum absolute atomic E-state index is 0.0386. The van der Waals surface area contributed by atoms with Crippen LogP contribution in [0.15, 0.2) is 10.7 Å². The van der Waals surface area contributed by atoms with Crippen molar-refractivity contribution in [1.29, 1.82) is 0 Å². The number of aromatic nitrogens is 3. The van der Waals surface area contributed by atoms with Crippen LogP contribution < -0.4 is 5.32 Å². The minimum Gasteiger partial charge on any atom is -0.381 e. The fraction of sp³-hybridized carbons (Fsp3) is 0.556. The molecule has 2 aliphatic rings. The Kier molecular flexibility index (Phi) is 4.58. The van der Waals surface area contributed by atoms with E-state index < -0.39 is 0 Å². The van der Waals surface area contributed by atoms with Crippen molar-refractivity contribution in [2.75, 3.05) is 26.3 Å². The van der Waals surface area contributed by atoms with Crippen molar-refractivity contribution < 1.29 is 14.1 Å². The van der Waals surface area contributed by atoms with E-state index in [0.29, 0.717) is 38.0 Å². The van der Waals surface area contributed by atoms with Crippen LogP contribution in [0.2, 0.25) is 0 Å². The molecule has 1 atom stereocenters. The normalized spacial score (nSPS) is 19.5. The number of hydrogen-bond acceptors (Lipinski definition) is 6. The van der Waals surface area contributed by atoms with E-state index in [1.54, 1.807) is 0 Å². The second kappa shape index (κ2) is 7.03. The van der Waals surface area contributed by atoms with E-state index in [2.05, 4.69) is 20.4 Å². The highest BCUT2D eigenvalue weighted by Gasteiger charge is 2.28. The van der Waals surface area contributed by atoms with Crippen LogP contribution >= 0.6 is 0 Å². The van der Waals surface area contributed by atoms with Gasteiger partial charge in [0.25, 0.3) is 0 Å². The first-order valence-corrected chi connectivity index (χ1v) is 9.09. The molecule has 0 radical (unpaired) electrons. The van der Waals surface area contributed by atoms with Gasteiger partial charge >= 0.3 is 6.03 Å². The third-order valence-electron chi connectivity index (χ3n) is 5.02. The van der Waals surface area contributed by atoms with E-state index in [-0.39, 0.29) is 11.9 Å². The third-order valence-corrected chi connectivity index (χ3v) is 5.02. The Labute approximate surface area is 151 Å². The summed E-state index contributed by atoms with van der Waals surface area (Å²) in [5, 5.41) is 7.06. The average Bonchev–Trinajstić information content (AvgIpc) is 3.33. The molecule has 2 aromatic heterocycles. The molecule has 8 nitrogen and oxygen atoms in total.